The lowest BCUT2D eigenvalue weighted by Crippen LogP contribution is -2.13. The lowest BCUT2D eigenvalue weighted by atomic mass is 10.1. The fraction of sp³-hybridized carbons (Fsp3) is 0. The van der Waals surface area contributed by atoms with Gasteiger partial charge in [0.15, 0.2) is 0 Å². The highest BCUT2D eigenvalue weighted by atomic mass is 127. The number of nitrogens with two attached hydrogens (primary N) is 1. The molecule has 2 N–H and O–H groups in total. The molecule has 7 heteroatoms. The van der Waals surface area contributed by atoms with Gasteiger partial charge in [0.05, 0.1) is 19.6 Å². The number of hydrogen-bond donors (Lipinski definition) is 1. The Morgan fingerprint density at radius 2 is 2.20 bits per heavy atom. The van der Waals surface area contributed by atoms with Crippen LogP contribution in [0.2, 0.25) is 0 Å². The van der Waals surface area contributed by atoms with E-state index in [1.165, 1.54) is 6.07 Å². The Bertz CT molecular complexity index is 493. The Morgan fingerprint density at radius 1 is 1.60 bits per heavy atom. The standard InChI is InChI=1S/C8H4IN3O3/c9-6-1-4(3-10)5(8(11)13)2-7(6)12(14)15/h1-2H,(H2,11,13). The average Bonchev–Trinajstić information content (AvgIpc) is 2.16. The van der Waals surface area contributed by atoms with Crippen molar-refractivity contribution in [2.24, 2.45) is 5.73 Å². The summed E-state index contributed by atoms with van der Waals surface area (Å²) in [5.41, 5.74) is 4.67. The van der Waals surface area contributed by atoms with Crippen LogP contribution < -0.4 is 5.73 Å². The first-order valence-corrected chi connectivity index (χ1v) is 4.73. The van der Waals surface area contributed by atoms with Gasteiger partial charge in [-0.2, -0.15) is 5.26 Å². The predicted octanol–water partition coefficient (Wildman–Crippen LogP) is 1.17. The lowest BCUT2D eigenvalue weighted by molar-refractivity contribution is -0.385. The molecule has 76 valence electrons. The molecule has 1 aromatic rings. The maximum Gasteiger partial charge on any atom is 0.283 e. The van der Waals surface area contributed by atoms with E-state index in [0.29, 0.717) is 3.57 Å². The van der Waals surface area contributed by atoms with Crippen LogP contribution in [0.1, 0.15) is 15.9 Å². The van der Waals surface area contributed by atoms with Gasteiger partial charge in [-0.15, -0.1) is 0 Å². The molecule has 0 aliphatic rings. The third kappa shape index (κ3) is 2.21. The number of carbonyl (C=O) groups excluding carboxylic acids is 1. The summed E-state index contributed by atoms with van der Waals surface area (Å²) < 4.78 is 0.291. The molecule has 0 unspecified atom stereocenters. The Kier molecular flexibility index (Phi) is 3.21. The number of nitriles is 1. The van der Waals surface area contributed by atoms with Crippen LogP contribution in [0.15, 0.2) is 12.1 Å². The zero-order chi connectivity index (χ0) is 11.6. The zero-order valence-electron chi connectivity index (χ0n) is 7.23. The number of halogens is 1. The second-order valence-electron chi connectivity index (χ2n) is 2.58. The van der Waals surface area contributed by atoms with Crippen LogP contribution in [0.5, 0.6) is 0 Å². The summed E-state index contributed by atoms with van der Waals surface area (Å²) in [5, 5.41) is 19.3. The molecule has 0 fully saturated rings. The Hall–Kier alpha value is -1.69. The highest BCUT2D eigenvalue weighted by molar-refractivity contribution is 14.1. The number of amides is 1. The van der Waals surface area contributed by atoms with Crippen LogP contribution >= 0.6 is 22.6 Å². The second-order valence-corrected chi connectivity index (χ2v) is 3.74. The molecule has 0 spiro atoms. The van der Waals surface area contributed by atoms with Gasteiger partial charge >= 0.3 is 0 Å². The van der Waals surface area contributed by atoms with E-state index in [2.05, 4.69) is 0 Å². The number of rotatable bonds is 2. The van der Waals surface area contributed by atoms with Crippen LogP contribution in [0.3, 0.4) is 0 Å². The molecule has 0 radical (unpaired) electrons. The molecule has 0 bridgehead atoms. The van der Waals surface area contributed by atoms with E-state index in [9.17, 15) is 14.9 Å². The maximum absolute atomic E-state index is 10.9. The molecule has 0 saturated carbocycles. The van der Waals surface area contributed by atoms with Crippen LogP contribution in [0.4, 0.5) is 5.69 Å². The molecule has 0 aromatic heterocycles. The number of nitro groups is 1. The molecule has 0 saturated heterocycles. The monoisotopic (exact) mass is 317 g/mol. The summed E-state index contributed by atoms with van der Waals surface area (Å²) in [7, 11) is 0. The van der Waals surface area contributed by atoms with Crippen LogP contribution in [-0.2, 0) is 0 Å². The van der Waals surface area contributed by atoms with E-state index in [-0.39, 0.29) is 16.8 Å². The normalized spacial score (nSPS) is 9.33. The highest BCUT2D eigenvalue weighted by Crippen LogP contribution is 2.24. The van der Waals surface area contributed by atoms with Gasteiger partial charge in [-0.25, -0.2) is 0 Å². The molecule has 0 atom stereocenters. The summed E-state index contributed by atoms with van der Waals surface area (Å²) in [6.45, 7) is 0. The second kappa shape index (κ2) is 4.22. The smallest absolute Gasteiger partial charge is 0.283 e. The van der Waals surface area contributed by atoms with Crippen LogP contribution in [0.25, 0.3) is 0 Å². The fourth-order valence-electron chi connectivity index (χ4n) is 0.998. The number of benzene rings is 1. The third-order valence-electron chi connectivity index (χ3n) is 1.67. The number of nitrogens with zero attached hydrogens (tertiary/aromatic N) is 2. The lowest BCUT2D eigenvalue weighted by Gasteiger charge is -2.01. The van der Waals surface area contributed by atoms with Gasteiger partial charge in [-0.05, 0) is 28.7 Å². The van der Waals surface area contributed by atoms with Crippen molar-refractivity contribution in [2.75, 3.05) is 0 Å². The molecule has 15 heavy (non-hydrogen) atoms. The molecular formula is C8H4IN3O3. The first kappa shape index (κ1) is 11.4. The average molecular weight is 317 g/mol. The predicted molar refractivity (Wildman–Crippen MR) is 59.0 cm³/mol. The molecule has 6 nitrogen and oxygen atoms in total. The van der Waals surface area contributed by atoms with Crippen molar-refractivity contribution in [3.8, 4) is 6.07 Å². The van der Waals surface area contributed by atoms with Crippen molar-refractivity contribution in [1.29, 1.82) is 5.26 Å². The van der Waals surface area contributed by atoms with Gasteiger partial charge in [-0.1, -0.05) is 0 Å². The van der Waals surface area contributed by atoms with Crippen LogP contribution in [-0.4, -0.2) is 10.8 Å². The number of carbonyl (C=O) groups is 1. The van der Waals surface area contributed by atoms with Gasteiger partial charge in [0, 0.05) is 6.07 Å². The molecule has 1 amide bonds. The van der Waals surface area contributed by atoms with E-state index in [1.807, 2.05) is 0 Å². The summed E-state index contributed by atoms with van der Waals surface area (Å²) >= 11 is 1.72. The molecule has 0 aliphatic heterocycles. The summed E-state index contributed by atoms with van der Waals surface area (Å²) in [5.74, 6) is -0.856. The fourth-order valence-corrected chi connectivity index (χ4v) is 1.66. The van der Waals surface area contributed by atoms with Crippen molar-refractivity contribution < 1.29 is 9.72 Å². The van der Waals surface area contributed by atoms with Crippen molar-refractivity contribution in [3.05, 3.63) is 36.9 Å². The SMILES string of the molecule is N#Cc1cc(I)c([N+](=O)[O-])cc1C(N)=O. The minimum Gasteiger partial charge on any atom is -0.366 e. The zero-order valence-corrected chi connectivity index (χ0v) is 9.39. The van der Waals surface area contributed by atoms with E-state index in [0.717, 1.165) is 6.07 Å². The molecule has 1 rings (SSSR count). The number of nitro benzene ring substituents is 1. The summed E-state index contributed by atoms with van der Waals surface area (Å²) in [4.78, 5) is 20.8. The quantitative estimate of drug-likeness (QED) is 0.501. The van der Waals surface area contributed by atoms with Crippen molar-refractivity contribution in [2.45, 2.75) is 0 Å². The first-order chi connectivity index (χ1) is 6.97. The van der Waals surface area contributed by atoms with Crippen molar-refractivity contribution in [3.63, 3.8) is 0 Å². The van der Waals surface area contributed by atoms with E-state index in [4.69, 9.17) is 11.0 Å². The van der Waals surface area contributed by atoms with Gasteiger partial charge in [0.25, 0.3) is 5.69 Å². The Morgan fingerprint density at radius 3 is 2.60 bits per heavy atom. The molecular weight excluding hydrogens is 313 g/mol. The summed E-state index contributed by atoms with van der Waals surface area (Å²) in [6.07, 6.45) is 0. The third-order valence-corrected chi connectivity index (χ3v) is 2.53. The molecule has 0 heterocycles. The van der Waals surface area contributed by atoms with Gasteiger partial charge < -0.3 is 5.73 Å². The van der Waals surface area contributed by atoms with Crippen molar-refractivity contribution >= 4 is 34.2 Å². The van der Waals surface area contributed by atoms with Gasteiger partial charge in [0.1, 0.15) is 6.07 Å². The van der Waals surface area contributed by atoms with E-state index in [1.54, 1.807) is 28.7 Å². The highest BCUT2D eigenvalue weighted by Gasteiger charge is 2.18. The first-order valence-electron chi connectivity index (χ1n) is 3.65. The van der Waals surface area contributed by atoms with Crippen LogP contribution in [0, 0.1) is 25.0 Å². The number of primary amides is 1. The number of hydrogen-bond acceptors (Lipinski definition) is 4. The Labute approximate surface area is 98.0 Å². The molecule has 0 aliphatic carbocycles. The maximum atomic E-state index is 10.9. The minimum absolute atomic E-state index is 0.0394. The topological polar surface area (TPSA) is 110 Å². The van der Waals surface area contributed by atoms with Gasteiger partial charge in [0.2, 0.25) is 5.91 Å². The largest absolute Gasteiger partial charge is 0.366 e. The minimum atomic E-state index is -0.856. The van der Waals surface area contributed by atoms with E-state index < -0.39 is 10.8 Å². The van der Waals surface area contributed by atoms with Crippen molar-refractivity contribution in [1.82, 2.24) is 0 Å². The molecule has 1 aromatic carbocycles. The summed E-state index contributed by atoms with van der Waals surface area (Å²) in [6, 6.07) is 4.03. The van der Waals surface area contributed by atoms with Gasteiger partial charge in [-0.3, -0.25) is 14.9 Å². The Balaban J connectivity index is 3.52. The van der Waals surface area contributed by atoms with E-state index >= 15 is 0 Å².